The SMILES string of the molecule is NC(CCC(=O)N[C@H](CO)C(=O)O)c1ccccc1. The maximum absolute atomic E-state index is 11.5. The summed E-state index contributed by atoms with van der Waals surface area (Å²) in [7, 11) is 0. The van der Waals surface area contributed by atoms with Gasteiger partial charge in [-0.2, -0.15) is 0 Å². The second-order valence-electron chi connectivity index (χ2n) is 4.20. The number of nitrogens with one attached hydrogen (secondary N) is 1. The van der Waals surface area contributed by atoms with Crippen LogP contribution in [0, 0.1) is 0 Å². The Morgan fingerprint density at radius 2 is 1.89 bits per heavy atom. The molecule has 0 spiro atoms. The predicted molar refractivity (Wildman–Crippen MR) is 69.3 cm³/mol. The minimum absolute atomic E-state index is 0.111. The van der Waals surface area contributed by atoms with Crippen molar-refractivity contribution in [1.29, 1.82) is 0 Å². The fraction of sp³-hybridized carbons (Fsp3) is 0.385. The first-order valence-electron chi connectivity index (χ1n) is 5.98. The lowest BCUT2D eigenvalue weighted by atomic mass is 10.0. The fourth-order valence-electron chi connectivity index (χ4n) is 1.61. The van der Waals surface area contributed by atoms with Crippen LogP contribution in [0.5, 0.6) is 0 Å². The maximum Gasteiger partial charge on any atom is 0.328 e. The van der Waals surface area contributed by atoms with Crippen molar-refractivity contribution in [3.05, 3.63) is 35.9 Å². The average Bonchev–Trinajstić information content (AvgIpc) is 2.42. The molecular formula is C13H18N2O4. The first-order chi connectivity index (χ1) is 9.04. The largest absolute Gasteiger partial charge is 0.480 e. The number of nitrogens with two attached hydrogens (primary N) is 1. The molecule has 1 rings (SSSR count). The summed E-state index contributed by atoms with van der Waals surface area (Å²) in [6.45, 7) is -0.633. The molecule has 0 bridgehead atoms. The molecular weight excluding hydrogens is 248 g/mol. The summed E-state index contributed by atoms with van der Waals surface area (Å²) in [6, 6.07) is 7.81. The van der Waals surface area contributed by atoms with E-state index in [0.717, 1.165) is 5.56 Å². The van der Waals surface area contributed by atoms with Crippen LogP contribution in [-0.4, -0.2) is 34.7 Å². The van der Waals surface area contributed by atoms with Gasteiger partial charge in [0.15, 0.2) is 0 Å². The molecule has 0 aliphatic heterocycles. The van der Waals surface area contributed by atoms with Crippen LogP contribution >= 0.6 is 0 Å². The van der Waals surface area contributed by atoms with Crippen LogP contribution in [-0.2, 0) is 9.59 Å². The molecule has 0 aliphatic rings. The maximum atomic E-state index is 11.5. The lowest BCUT2D eigenvalue weighted by Gasteiger charge is -2.14. The Morgan fingerprint density at radius 3 is 2.42 bits per heavy atom. The van der Waals surface area contributed by atoms with Gasteiger partial charge >= 0.3 is 5.97 Å². The number of aliphatic carboxylic acids is 1. The van der Waals surface area contributed by atoms with Gasteiger partial charge in [0.05, 0.1) is 6.61 Å². The van der Waals surface area contributed by atoms with Gasteiger partial charge in [-0.3, -0.25) is 4.79 Å². The molecule has 5 N–H and O–H groups in total. The highest BCUT2D eigenvalue weighted by Gasteiger charge is 2.19. The average molecular weight is 266 g/mol. The number of carbonyl (C=O) groups excluding carboxylic acids is 1. The van der Waals surface area contributed by atoms with Crippen molar-refractivity contribution >= 4 is 11.9 Å². The summed E-state index contributed by atoms with van der Waals surface area (Å²) in [5.41, 5.74) is 6.84. The van der Waals surface area contributed by atoms with Crippen LogP contribution in [0.2, 0.25) is 0 Å². The topological polar surface area (TPSA) is 113 Å². The zero-order valence-corrected chi connectivity index (χ0v) is 10.5. The molecule has 1 unspecified atom stereocenters. The molecule has 0 aliphatic carbocycles. The Labute approximate surface area is 111 Å². The van der Waals surface area contributed by atoms with Crippen LogP contribution in [0.4, 0.5) is 0 Å². The quantitative estimate of drug-likeness (QED) is 0.556. The molecule has 0 heterocycles. The highest BCUT2D eigenvalue weighted by atomic mass is 16.4. The first-order valence-corrected chi connectivity index (χ1v) is 5.98. The van der Waals surface area contributed by atoms with Gasteiger partial charge in [-0.15, -0.1) is 0 Å². The van der Waals surface area contributed by atoms with Gasteiger partial charge in [0.1, 0.15) is 6.04 Å². The van der Waals surface area contributed by atoms with E-state index in [0.29, 0.717) is 6.42 Å². The van der Waals surface area contributed by atoms with Crippen LogP contribution < -0.4 is 11.1 Å². The van der Waals surface area contributed by atoms with E-state index in [-0.39, 0.29) is 12.5 Å². The van der Waals surface area contributed by atoms with Crippen LogP contribution in [0.25, 0.3) is 0 Å². The Bertz CT molecular complexity index is 422. The minimum atomic E-state index is -1.26. The summed E-state index contributed by atoms with van der Waals surface area (Å²) in [6.07, 6.45) is 0.521. The number of carboxylic acids is 1. The van der Waals surface area contributed by atoms with Crippen molar-refractivity contribution in [2.45, 2.75) is 24.9 Å². The summed E-state index contributed by atoms with van der Waals surface area (Å²) in [5.74, 6) is -1.70. The molecule has 1 aromatic carbocycles. The third-order valence-electron chi connectivity index (χ3n) is 2.73. The molecule has 1 amide bonds. The number of aliphatic hydroxyl groups is 1. The Kier molecular flexibility index (Phi) is 5.98. The lowest BCUT2D eigenvalue weighted by Crippen LogP contribution is -2.43. The lowest BCUT2D eigenvalue weighted by molar-refractivity contribution is -0.142. The zero-order valence-electron chi connectivity index (χ0n) is 10.5. The molecule has 0 radical (unpaired) electrons. The van der Waals surface area contributed by atoms with E-state index in [9.17, 15) is 9.59 Å². The van der Waals surface area contributed by atoms with Crippen LogP contribution in [0.15, 0.2) is 30.3 Å². The van der Waals surface area contributed by atoms with Crippen molar-refractivity contribution in [3.8, 4) is 0 Å². The molecule has 0 saturated carbocycles. The third kappa shape index (κ3) is 5.07. The van der Waals surface area contributed by atoms with E-state index in [2.05, 4.69) is 5.32 Å². The van der Waals surface area contributed by atoms with E-state index < -0.39 is 24.5 Å². The number of hydrogen-bond donors (Lipinski definition) is 4. The monoisotopic (exact) mass is 266 g/mol. The number of rotatable bonds is 7. The van der Waals surface area contributed by atoms with E-state index in [1.54, 1.807) is 0 Å². The van der Waals surface area contributed by atoms with Gasteiger partial charge in [-0.25, -0.2) is 4.79 Å². The number of aliphatic hydroxyl groups excluding tert-OH is 1. The number of benzene rings is 1. The number of carboxylic acid groups (broad SMARTS) is 1. The van der Waals surface area contributed by atoms with E-state index in [4.69, 9.17) is 15.9 Å². The number of carbonyl (C=O) groups is 2. The molecule has 6 nitrogen and oxygen atoms in total. The molecule has 0 saturated heterocycles. The summed E-state index contributed by atoms with van der Waals surface area (Å²) >= 11 is 0. The molecule has 1 aromatic rings. The Hall–Kier alpha value is -1.92. The van der Waals surface area contributed by atoms with Gasteiger partial charge in [-0.05, 0) is 12.0 Å². The minimum Gasteiger partial charge on any atom is -0.480 e. The van der Waals surface area contributed by atoms with Crippen molar-refractivity contribution < 1.29 is 19.8 Å². The van der Waals surface area contributed by atoms with E-state index in [1.165, 1.54) is 0 Å². The van der Waals surface area contributed by atoms with E-state index >= 15 is 0 Å². The predicted octanol–water partition coefficient (Wildman–Crippen LogP) is 0.0283. The fourth-order valence-corrected chi connectivity index (χ4v) is 1.61. The summed E-state index contributed by atoms with van der Waals surface area (Å²) < 4.78 is 0. The molecule has 2 atom stereocenters. The zero-order chi connectivity index (χ0) is 14.3. The smallest absolute Gasteiger partial charge is 0.328 e. The summed E-state index contributed by atoms with van der Waals surface area (Å²) in [4.78, 5) is 22.1. The van der Waals surface area contributed by atoms with Gasteiger partial charge in [0, 0.05) is 12.5 Å². The van der Waals surface area contributed by atoms with Crippen molar-refractivity contribution in [3.63, 3.8) is 0 Å². The molecule has 0 fully saturated rings. The molecule has 19 heavy (non-hydrogen) atoms. The Morgan fingerprint density at radius 1 is 1.26 bits per heavy atom. The molecule has 0 aromatic heterocycles. The third-order valence-corrected chi connectivity index (χ3v) is 2.73. The van der Waals surface area contributed by atoms with Crippen molar-refractivity contribution in [1.82, 2.24) is 5.32 Å². The standard InChI is InChI=1S/C13H18N2O4/c14-10(9-4-2-1-3-5-9)6-7-12(17)15-11(8-16)13(18)19/h1-5,10-11,16H,6-8,14H2,(H,15,17)(H,18,19)/t10?,11-/m1/s1. The second kappa shape index (κ2) is 7.50. The number of amides is 1. The van der Waals surface area contributed by atoms with Gasteiger partial charge in [0.25, 0.3) is 0 Å². The Balaban J connectivity index is 2.40. The van der Waals surface area contributed by atoms with Gasteiger partial charge in [-0.1, -0.05) is 30.3 Å². The summed E-state index contributed by atoms with van der Waals surface area (Å²) in [5, 5.41) is 19.7. The van der Waals surface area contributed by atoms with Gasteiger partial charge < -0.3 is 21.3 Å². The van der Waals surface area contributed by atoms with Crippen molar-refractivity contribution in [2.24, 2.45) is 5.73 Å². The number of hydrogen-bond acceptors (Lipinski definition) is 4. The van der Waals surface area contributed by atoms with Crippen LogP contribution in [0.1, 0.15) is 24.4 Å². The highest BCUT2D eigenvalue weighted by molar-refractivity contribution is 5.83. The van der Waals surface area contributed by atoms with E-state index in [1.807, 2.05) is 30.3 Å². The van der Waals surface area contributed by atoms with Crippen molar-refractivity contribution in [2.75, 3.05) is 6.61 Å². The molecule has 104 valence electrons. The van der Waals surface area contributed by atoms with Crippen LogP contribution in [0.3, 0.4) is 0 Å². The van der Waals surface area contributed by atoms with Gasteiger partial charge in [0.2, 0.25) is 5.91 Å². The second-order valence-corrected chi connectivity index (χ2v) is 4.20. The molecule has 6 heteroatoms. The first kappa shape index (κ1) is 15.1. The highest BCUT2D eigenvalue weighted by Crippen LogP contribution is 2.14. The normalized spacial score (nSPS) is 13.6.